The summed E-state index contributed by atoms with van der Waals surface area (Å²) in [5.74, 6) is 0.200. The molecule has 0 atom stereocenters. The Balaban J connectivity index is 2.75. The molecule has 0 aliphatic heterocycles. The van der Waals surface area contributed by atoms with Crippen molar-refractivity contribution in [1.82, 2.24) is 19.6 Å². The van der Waals surface area contributed by atoms with Gasteiger partial charge in [0.05, 0.1) is 0 Å². The Kier molecular flexibility index (Phi) is 1.54. The minimum absolute atomic E-state index is 0.200. The SMILES string of the molecule is NS(=O)(=O)c1ccn2ncnc2n1. The van der Waals surface area contributed by atoms with Crippen molar-refractivity contribution < 1.29 is 8.42 Å². The van der Waals surface area contributed by atoms with Gasteiger partial charge in [0.1, 0.15) is 6.33 Å². The molecule has 0 fully saturated rings. The quantitative estimate of drug-likeness (QED) is 0.579. The molecule has 68 valence electrons. The highest BCUT2D eigenvalue weighted by Gasteiger charge is 2.10. The Bertz CT molecular complexity index is 545. The monoisotopic (exact) mass is 199 g/mol. The molecule has 2 N–H and O–H groups in total. The van der Waals surface area contributed by atoms with Gasteiger partial charge in [0, 0.05) is 6.20 Å². The molecule has 8 heteroatoms. The van der Waals surface area contributed by atoms with Crippen LogP contribution in [-0.4, -0.2) is 28.0 Å². The van der Waals surface area contributed by atoms with Gasteiger partial charge in [-0.2, -0.15) is 15.1 Å². The number of aromatic nitrogens is 4. The molecule has 0 saturated heterocycles. The summed E-state index contributed by atoms with van der Waals surface area (Å²) in [5.41, 5.74) is 0. The maximum Gasteiger partial charge on any atom is 0.255 e. The number of hydrogen-bond donors (Lipinski definition) is 1. The maximum absolute atomic E-state index is 10.9. The first-order chi connectivity index (χ1) is 6.07. The number of nitrogens with two attached hydrogens (primary N) is 1. The van der Waals surface area contributed by atoms with Crippen LogP contribution in [-0.2, 0) is 10.0 Å². The molecule has 0 spiro atoms. The van der Waals surface area contributed by atoms with E-state index < -0.39 is 10.0 Å². The van der Waals surface area contributed by atoms with Gasteiger partial charge in [-0.05, 0) is 6.07 Å². The molecule has 0 unspecified atom stereocenters. The van der Waals surface area contributed by atoms with E-state index in [1.54, 1.807) is 0 Å². The van der Waals surface area contributed by atoms with Crippen molar-refractivity contribution in [2.75, 3.05) is 0 Å². The summed E-state index contributed by atoms with van der Waals surface area (Å²) >= 11 is 0. The molecule has 2 aromatic rings. The third-order valence-corrected chi connectivity index (χ3v) is 2.22. The molecule has 0 bridgehead atoms. The molecule has 2 rings (SSSR count). The summed E-state index contributed by atoms with van der Waals surface area (Å²) in [6.45, 7) is 0. The lowest BCUT2D eigenvalue weighted by Gasteiger charge is -1.95. The van der Waals surface area contributed by atoms with E-state index in [1.807, 2.05) is 0 Å². The van der Waals surface area contributed by atoms with Crippen LogP contribution in [0, 0.1) is 0 Å². The highest BCUT2D eigenvalue weighted by molar-refractivity contribution is 7.89. The number of hydrogen-bond acceptors (Lipinski definition) is 5. The first-order valence-corrected chi connectivity index (χ1v) is 4.81. The first kappa shape index (κ1) is 8.08. The fourth-order valence-corrected chi connectivity index (χ4v) is 1.32. The number of sulfonamides is 1. The minimum atomic E-state index is -3.76. The van der Waals surface area contributed by atoms with Crippen LogP contribution in [0.4, 0.5) is 0 Å². The predicted octanol–water partition coefficient (Wildman–Crippen LogP) is -1.23. The first-order valence-electron chi connectivity index (χ1n) is 3.26. The van der Waals surface area contributed by atoms with Crippen LogP contribution in [0.25, 0.3) is 5.78 Å². The van der Waals surface area contributed by atoms with Crippen molar-refractivity contribution in [2.45, 2.75) is 5.03 Å². The van der Waals surface area contributed by atoms with Crippen LogP contribution in [0.5, 0.6) is 0 Å². The van der Waals surface area contributed by atoms with Crippen LogP contribution >= 0.6 is 0 Å². The van der Waals surface area contributed by atoms with Crippen molar-refractivity contribution >= 4 is 15.8 Å². The fourth-order valence-electron chi connectivity index (χ4n) is 0.858. The Hall–Kier alpha value is -1.54. The van der Waals surface area contributed by atoms with Gasteiger partial charge in [0.15, 0.2) is 5.03 Å². The molecule has 0 aliphatic rings. The molecule has 7 nitrogen and oxygen atoms in total. The van der Waals surface area contributed by atoms with E-state index in [-0.39, 0.29) is 10.8 Å². The van der Waals surface area contributed by atoms with Gasteiger partial charge in [-0.3, -0.25) is 0 Å². The number of fused-ring (bicyclic) bond motifs is 1. The van der Waals surface area contributed by atoms with Gasteiger partial charge in [-0.15, -0.1) is 0 Å². The van der Waals surface area contributed by atoms with Crippen molar-refractivity contribution in [1.29, 1.82) is 0 Å². The van der Waals surface area contributed by atoms with Crippen LogP contribution in [0.15, 0.2) is 23.6 Å². The second-order valence-electron chi connectivity index (χ2n) is 2.32. The number of nitrogens with zero attached hydrogens (tertiary/aromatic N) is 4. The largest absolute Gasteiger partial charge is 0.255 e. The van der Waals surface area contributed by atoms with Gasteiger partial charge in [0.2, 0.25) is 0 Å². The van der Waals surface area contributed by atoms with Gasteiger partial charge in [-0.25, -0.2) is 18.1 Å². The smallest absolute Gasteiger partial charge is 0.223 e. The van der Waals surface area contributed by atoms with Crippen LogP contribution in [0.2, 0.25) is 0 Å². The Morgan fingerprint density at radius 1 is 1.46 bits per heavy atom. The van der Waals surface area contributed by atoms with E-state index in [2.05, 4.69) is 15.1 Å². The normalized spacial score (nSPS) is 12.1. The third kappa shape index (κ3) is 1.36. The Morgan fingerprint density at radius 2 is 2.23 bits per heavy atom. The summed E-state index contributed by atoms with van der Waals surface area (Å²) in [4.78, 5) is 7.40. The molecule has 0 aromatic carbocycles. The summed E-state index contributed by atoms with van der Waals surface area (Å²) < 4.78 is 23.1. The van der Waals surface area contributed by atoms with Gasteiger partial charge < -0.3 is 0 Å². The zero-order valence-electron chi connectivity index (χ0n) is 6.32. The lowest BCUT2D eigenvalue weighted by atomic mass is 10.7. The molecule has 0 radical (unpaired) electrons. The van der Waals surface area contributed by atoms with E-state index in [1.165, 1.54) is 23.1 Å². The molecule has 13 heavy (non-hydrogen) atoms. The summed E-state index contributed by atoms with van der Waals surface area (Å²) in [6.07, 6.45) is 2.70. The zero-order valence-corrected chi connectivity index (χ0v) is 7.14. The minimum Gasteiger partial charge on any atom is -0.223 e. The van der Waals surface area contributed by atoms with Crippen molar-refractivity contribution in [3.63, 3.8) is 0 Å². The molecule has 2 aromatic heterocycles. The third-order valence-electron chi connectivity index (χ3n) is 1.41. The summed E-state index contributed by atoms with van der Waals surface area (Å²) in [6, 6.07) is 1.26. The maximum atomic E-state index is 10.9. The van der Waals surface area contributed by atoms with E-state index >= 15 is 0 Å². The number of primary sulfonamides is 1. The second kappa shape index (κ2) is 2.47. The standard InChI is InChI=1S/C5H5N5O2S/c6-13(11,12)4-1-2-10-5(9-4)7-3-8-10/h1-3H,(H2,6,11,12). The topological polar surface area (TPSA) is 103 Å². The van der Waals surface area contributed by atoms with Crippen molar-refractivity contribution in [3.8, 4) is 0 Å². The zero-order chi connectivity index (χ0) is 9.47. The van der Waals surface area contributed by atoms with Crippen molar-refractivity contribution in [3.05, 3.63) is 18.6 Å². The van der Waals surface area contributed by atoms with Crippen LogP contribution in [0.1, 0.15) is 0 Å². The van der Waals surface area contributed by atoms with Gasteiger partial charge in [0.25, 0.3) is 15.8 Å². The highest BCUT2D eigenvalue weighted by Crippen LogP contribution is 2.02. The van der Waals surface area contributed by atoms with E-state index in [0.717, 1.165) is 0 Å². The Morgan fingerprint density at radius 3 is 2.92 bits per heavy atom. The second-order valence-corrected chi connectivity index (χ2v) is 3.82. The average Bonchev–Trinajstić information content (AvgIpc) is 2.47. The molecular weight excluding hydrogens is 194 g/mol. The highest BCUT2D eigenvalue weighted by atomic mass is 32.2. The molecule has 0 amide bonds. The Labute approximate surface area is 73.3 Å². The van der Waals surface area contributed by atoms with Crippen LogP contribution < -0.4 is 5.14 Å². The van der Waals surface area contributed by atoms with E-state index in [9.17, 15) is 8.42 Å². The van der Waals surface area contributed by atoms with Gasteiger partial charge >= 0.3 is 0 Å². The van der Waals surface area contributed by atoms with E-state index in [0.29, 0.717) is 0 Å². The summed E-state index contributed by atoms with van der Waals surface area (Å²) in [5, 5.41) is 8.40. The lowest BCUT2D eigenvalue weighted by molar-refractivity contribution is 0.594. The molecule has 0 aliphatic carbocycles. The van der Waals surface area contributed by atoms with Crippen molar-refractivity contribution in [2.24, 2.45) is 5.14 Å². The molecular formula is C5H5N5O2S. The molecule has 2 heterocycles. The average molecular weight is 199 g/mol. The number of rotatable bonds is 1. The summed E-state index contributed by atoms with van der Waals surface area (Å²) in [7, 11) is -3.76. The van der Waals surface area contributed by atoms with E-state index in [4.69, 9.17) is 5.14 Å². The molecule has 0 saturated carbocycles. The fraction of sp³-hybridized carbons (Fsp3) is 0. The van der Waals surface area contributed by atoms with Crippen LogP contribution in [0.3, 0.4) is 0 Å². The predicted molar refractivity (Wildman–Crippen MR) is 42.2 cm³/mol. The lowest BCUT2D eigenvalue weighted by Crippen LogP contribution is -2.14. The van der Waals surface area contributed by atoms with Gasteiger partial charge in [-0.1, -0.05) is 0 Å².